The van der Waals surface area contributed by atoms with Gasteiger partial charge in [-0.1, -0.05) is 28.9 Å². The summed E-state index contributed by atoms with van der Waals surface area (Å²) in [5.74, 6) is 1.52. The monoisotopic (exact) mass is 456 g/mol. The molecule has 2 aromatic heterocycles. The molecule has 8 heteroatoms. The van der Waals surface area contributed by atoms with Crippen LogP contribution >= 0.6 is 23.4 Å². The molecular weight excluding hydrogens is 432 g/mol. The average Bonchev–Trinajstić information content (AvgIpc) is 3.10. The van der Waals surface area contributed by atoms with Gasteiger partial charge in [0, 0.05) is 55.3 Å². The number of amides is 1. The van der Waals surface area contributed by atoms with Gasteiger partial charge in [-0.05, 0) is 43.7 Å². The van der Waals surface area contributed by atoms with E-state index < -0.39 is 0 Å². The first kappa shape index (κ1) is 21.9. The van der Waals surface area contributed by atoms with Gasteiger partial charge in [-0.25, -0.2) is 4.98 Å². The van der Waals surface area contributed by atoms with E-state index in [1.54, 1.807) is 18.0 Å². The topological polar surface area (TPSA) is 62.5 Å². The molecule has 6 nitrogen and oxygen atoms in total. The number of hydrogen-bond donors (Lipinski definition) is 0. The number of thioether (sulfide) groups is 1. The van der Waals surface area contributed by atoms with Crippen LogP contribution in [0, 0.1) is 13.8 Å². The zero-order valence-electron chi connectivity index (χ0n) is 17.7. The lowest BCUT2D eigenvalue weighted by atomic mass is 10.2. The number of aromatic nitrogens is 2. The molecule has 0 N–H and O–H groups in total. The fraction of sp³-hybridized carbons (Fsp3) is 0.348. The van der Waals surface area contributed by atoms with E-state index in [2.05, 4.69) is 21.1 Å². The number of carbonyl (C=O) groups excluding carboxylic acids is 1. The van der Waals surface area contributed by atoms with Gasteiger partial charge in [-0.2, -0.15) is 0 Å². The molecule has 31 heavy (non-hydrogen) atoms. The zero-order valence-corrected chi connectivity index (χ0v) is 19.2. The molecule has 0 atom stereocenters. The van der Waals surface area contributed by atoms with Crippen molar-refractivity contribution in [3.8, 4) is 0 Å². The highest BCUT2D eigenvalue weighted by Crippen LogP contribution is 2.28. The number of rotatable bonds is 6. The Bertz CT molecular complexity index is 1040. The van der Waals surface area contributed by atoms with Crippen molar-refractivity contribution in [2.24, 2.45) is 0 Å². The van der Waals surface area contributed by atoms with E-state index in [0.29, 0.717) is 24.4 Å². The van der Waals surface area contributed by atoms with Crippen LogP contribution < -0.4 is 0 Å². The quantitative estimate of drug-likeness (QED) is 0.505. The van der Waals surface area contributed by atoms with Crippen LogP contribution in [0.15, 0.2) is 52.1 Å². The van der Waals surface area contributed by atoms with Crippen LogP contribution in [-0.2, 0) is 12.3 Å². The Labute approximate surface area is 191 Å². The average molecular weight is 457 g/mol. The van der Waals surface area contributed by atoms with E-state index in [4.69, 9.17) is 16.1 Å². The number of carbonyl (C=O) groups is 1. The molecule has 0 aliphatic carbocycles. The molecule has 162 valence electrons. The van der Waals surface area contributed by atoms with Crippen LogP contribution in [0.4, 0.5) is 0 Å². The van der Waals surface area contributed by atoms with Crippen LogP contribution in [0.3, 0.4) is 0 Å². The first-order valence-corrected chi connectivity index (χ1v) is 11.6. The zero-order chi connectivity index (χ0) is 21.8. The first-order chi connectivity index (χ1) is 15.0. The van der Waals surface area contributed by atoms with Crippen LogP contribution in [0.5, 0.6) is 0 Å². The lowest BCUT2D eigenvalue weighted by molar-refractivity contribution is 0.0624. The molecule has 1 aromatic carbocycles. The van der Waals surface area contributed by atoms with E-state index in [9.17, 15) is 4.79 Å². The van der Waals surface area contributed by atoms with Crippen LogP contribution in [0.25, 0.3) is 0 Å². The molecule has 0 radical (unpaired) electrons. The normalized spacial score (nSPS) is 14.7. The van der Waals surface area contributed by atoms with Crippen molar-refractivity contribution in [1.29, 1.82) is 0 Å². The van der Waals surface area contributed by atoms with Crippen molar-refractivity contribution < 1.29 is 9.32 Å². The van der Waals surface area contributed by atoms with E-state index in [1.807, 2.05) is 49.1 Å². The van der Waals surface area contributed by atoms with Crippen molar-refractivity contribution in [3.05, 3.63) is 75.8 Å². The summed E-state index contributed by atoms with van der Waals surface area (Å²) in [6, 6.07) is 11.6. The molecule has 0 spiro atoms. The molecule has 1 fully saturated rings. The minimum atomic E-state index is 0.0387. The highest BCUT2D eigenvalue weighted by Gasteiger charge is 2.24. The summed E-state index contributed by atoms with van der Waals surface area (Å²) >= 11 is 7.64. The molecular formula is C23H25ClN4O2S. The van der Waals surface area contributed by atoms with E-state index in [1.165, 1.54) is 5.56 Å². The minimum Gasteiger partial charge on any atom is -0.361 e. The maximum atomic E-state index is 13.2. The lowest BCUT2D eigenvalue weighted by Gasteiger charge is -2.35. The fourth-order valence-electron chi connectivity index (χ4n) is 3.69. The predicted octanol–water partition coefficient (Wildman–Crippen LogP) is 4.59. The molecule has 1 saturated heterocycles. The largest absolute Gasteiger partial charge is 0.361 e. The van der Waals surface area contributed by atoms with Gasteiger partial charge in [0.1, 0.15) is 10.8 Å². The molecule has 3 aromatic rings. The Hall–Kier alpha value is -2.35. The number of hydrogen-bond acceptors (Lipinski definition) is 6. The van der Waals surface area contributed by atoms with Crippen molar-refractivity contribution in [2.75, 3.05) is 26.2 Å². The van der Waals surface area contributed by atoms with Gasteiger partial charge in [0.25, 0.3) is 5.91 Å². The standard InChI is InChI=1S/C23H25ClN4O2S/c1-16-21(17(2)30-26-16)15-31-22-20(7-4-8-25-22)23(29)28-11-9-27(10-12-28)14-18-5-3-6-19(24)13-18/h3-8,13H,9-12,14-15H2,1-2H3. The van der Waals surface area contributed by atoms with Gasteiger partial charge in [0.05, 0.1) is 11.3 Å². The molecule has 1 aliphatic heterocycles. The highest BCUT2D eigenvalue weighted by molar-refractivity contribution is 7.98. The number of halogens is 1. The second-order valence-corrected chi connectivity index (χ2v) is 9.05. The Balaban J connectivity index is 1.38. The molecule has 1 amide bonds. The predicted molar refractivity (Wildman–Crippen MR) is 122 cm³/mol. The van der Waals surface area contributed by atoms with Crippen molar-refractivity contribution in [3.63, 3.8) is 0 Å². The fourth-order valence-corrected chi connectivity index (χ4v) is 5.04. The summed E-state index contributed by atoms with van der Waals surface area (Å²) in [7, 11) is 0. The Morgan fingerprint density at radius 3 is 2.68 bits per heavy atom. The summed E-state index contributed by atoms with van der Waals surface area (Å²) in [5.41, 5.74) is 3.79. The number of aryl methyl sites for hydroxylation is 2. The van der Waals surface area contributed by atoms with Crippen molar-refractivity contribution >= 4 is 29.3 Å². The van der Waals surface area contributed by atoms with Crippen LogP contribution in [0.2, 0.25) is 5.02 Å². The van der Waals surface area contributed by atoms with Crippen LogP contribution in [-0.4, -0.2) is 52.0 Å². The van der Waals surface area contributed by atoms with Gasteiger partial charge in [0.15, 0.2) is 0 Å². The molecule has 4 rings (SSSR count). The number of nitrogens with zero attached hydrogens (tertiary/aromatic N) is 4. The van der Waals surface area contributed by atoms with E-state index in [-0.39, 0.29) is 5.91 Å². The van der Waals surface area contributed by atoms with Crippen LogP contribution in [0.1, 0.15) is 32.9 Å². The highest BCUT2D eigenvalue weighted by atomic mass is 35.5. The Morgan fingerprint density at radius 1 is 1.16 bits per heavy atom. The number of benzene rings is 1. The Kier molecular flexibility index (Phi) is 6.95. The number of pyridine rings is 1. The van der Waals surface area contributed by atoms with Crippen molar-refractivity contribution in [2.45, 2.75) is 31.2 Å². The second kappa shape index (κ2) is 9.85. The summed E-state index contributed by atoms with van der Waals surface area (Å²) in [5, 5.41) is 5.50. The molecule has 1 aliphatic rings. The first-order valence-electron chi connectivity index (χ1n) is 10.3. The third-order valence-electron chi connectivity index (χ3n) is 5.49. The third-order valence-corrected chi connectivity index (χ3v) is 6.76. The smallest absolute Gasteiger partial charge is 0.256 e. The van der Waals surface area contributed by atoms with Gasteiger partial charge in [-0.3, -0.25) is 9.69 Å². The SMILES string of the molecule is Cc1noc(C)c1CSc1ncccc1C(=O)N1CCN(Cc2cccc(Cl)c2)CC1. The van der Waals surface area contributed by atoms with Gasteiger partial charge < -0.3 is 9.42 Å². The third kappa shape index (κ3) is 5.29. The van der Waals surface area contributed by atoms with Gasteiger partial charge in [0.2, 0.25) is 0 Å². The molecule has 0 saturated carbocycles. The molecule has 3 heterocycles. The molecule has 0 unspecified atom stereocenters. The molecule has 0 bridgehead atoms. The Morgan fingerprint density at radius 2 is 1.97 bits per heavy atom. The number of piperazine rings is 1. The minimum absolute atomic E-state index is 0.0387. The van der Waals surface area contributed by atoms with E-state index >= 15 is 0 Å². The van der Waals surface area contributed by atoms with E-state index in [0.717, 1.165) is 46.7 Å². The summed E-state index contributed by atoms with van der Waals surface area (Å²) in [4.78, 5) is 22.0. The van der Waals surface area contributed by atoms with Gasteiger partial charge in [-0.15, -0.1) is 11.8 Å². The summed E-state index contributed by atoms with van der Waals surface area (Å²) in [6.45, 7) is 7.74. The lowest BCUT2D eigenvalue weighted by Crippen LogP contribution is -2.48. The van der Waals surface area contributed by atoms with Crippen molar-refractivity contribution in [1.82, 2.24) is 19.9 Å². The maximum absolute atomic E-state index is 13.2. The van der Waals surface area contributed by atoms with Gasteiger partial charge >= 0.3 is 0 Å². The maximum Gasteiger partial charge on any atom is 0.256 e. The second-order valence-electron chi connectivity index (χ2n) is 7.65. The summed E-state index contributed by atoms with van der Waals surface area (Å²) in [6.07, 6.45) is 1.73. The summed E-state index contributed by atoms with van der Waals surface area (Å²) < 4.78 is 5.24.